The molecule has 0 aliphatic heterocycles. The first-order valence-electron chi connectivity index (χ1n) is 9.82. The van der Waals surface area contributed by atoms with Crippen molar-refractivity contribution in [3.05, 3.63) is 71.9 Å². The van der Waals surface area contributed by atoms with Crippen LogP contribution >= 0.6 is 29.4 Å². The summed E-state index contributed by atoms with van der Waals surface area (Å²) in [4.78, 5) is 2.52. The van der Waals surface area contributed by atoms with E-state index in [1.807, 2.05) is 18.4 Å². The topological polar surface area (TPSA) is 39.1 Å². The fourth-order valence-electron chi connectivity index (χ4n) is 2.82. The summed E-state index contributed by atoms with van der Waals surface area (Å²) in [5.41, 5.74) is 1.76. The molecule has 1 aromatic carbocycles. The average molecular weight is 438 g/mol. The van der Waals surface area contributed by atoms with E-state index in [2.05, 4.69) is 63.3 Å². The molecule has 3 nitrogen and oxygen atoms in total. The summed E-state index contributed by atoms with van der Waals surface area (Å²) in [5, 5.41) is 12.6. The van der Waals surface area contributed by atoms with Gasteiger partial charge in [0.2, 0.25) is 0 Å². The number of allylic oxidation sites excluding steroid dienone is 4. The number of nitrogens with zero attached hydrogens (tertiary/aromatic N) is 1. The lowest BCUT2D eigenvalue weighted by Gasteiger charge is -2.25. The van der Waals surface area contributed by atoms with E-state index < -0.39 is 0 Å². The van der Waals surface area contributed by atoms with Gasteiger partial charge in [-0.2, -0.15) is 0 Å². The Hall–Kier alpha value is -0.980. The highest BCUT2D eigenvalue weighted by Crippen LogP contribution is 2.39. The van der Waals surface area contributed by atoms with E-state index in [1.165, 1.54) is 18.4 Å². The molecular weight excluding hydrogens is 404 g/mol. The highest BCUT2D eigenvalue weighted by Gasteiger charge is 2.14. The lowest BCUT2D eigenvalue weighted by atomic mass is 10.1. The number of halogens is 1. The summed E-state index contributed by atoms with van der Waals surface area (Å²) in [6.45, 7) is 9.86. The molecule has 3 atom stereocenters. The van der Waals surface area contributed by atoms with Gasteiger partial charge in [-0.15, -0.1) is 0 Å². The third-order valence-electron chi connectivity index (χ3n) is 4.30. The van der Waals surface area contributed by atoms with Crippen LogP contribution in [0.2, 0.25) is 0 Å². The maximum atomic E-state index is 7.92. The van der Waals surface area contributed by atoms with E-state index in [0.29, 0.717) is 24.5 Å². The van der Waals surface area contributed by atoms with Gasteiger partial charge in [0.25, 0.3) is 0 Å². The van der Waals surface area contributed by atoms with Crippen molar-refractivity contribution in [2.45, 2.75) is 31.8 Å². The Morgan fingerprint density at radius 1 is 1.32 bits per heavy atom. The summed E-state index contributed by atoms with van der Waals surface area (Å²) in [5.74, 6) is 0. The Bertz CT molecular complexity index is 632. The van der Waals surface area contributed by atoms with Crippen molar-refractivity contribution in [2.75, 3.05) is 26.2 Å². The van der Waals surface area contributed by atoms with Gasteiger partial charge in [0.1, 0.15) is 0 Å². The van der Waals surface area contributed by atoms with Crippen molar-refractivity contribution in [1.82, 2.24) is 10.2 Å². The van der Waals surface area contributed by atoms with Crippen LogP contribution < -0.4 is 5.32 Å². The summed E-state index contributed by atoms with van der Waals surface area (Å²) >= 11 is 6.11. The summed E-state index contributed by atoms with van der Waals surface area (Å²) in [6.07, 6.45) is 10.7. The molecule has 0 spiro atoms. The van der Waals surface area contributed by atoms with Gasteiger partial charge in [-0.25, -0.2) is 0 Å². The Kier molecular flexibility index (Phi) is 14.2. The van der Waals surface area contributed by atoms with Gasteiger partial charge >= 0.3 is 0 Å². The second-order valence-electron chi connectivity index (χ2n) is 6.58. The van der Waals surface area contributed by atoms with Gasteiger partial charge in [-0.05, 0) is 37.6 Å². The van der Waals surface area contributed by atoms with E-state index in [-0.39, 0.29) is 0 Å². The predicted octanol–water partition coefficient (Wildman–Crippen LogP) is 6.12. The molecule has 154 valence electrons. The molecule has 0 bridgehead atoms. The largest absolute Gasteiger partial charge is 0.388 e. The summed E-state index contributed by atoms with van der Waals surface area (Å²) in [6, 6.07) is 10.6. The van der Waals surface area contributed by atoms with E-state index in [4.69, 9.17) is 17.0 Å². The number of rotatable bonds is 15. The standard InChI is InChI=1S/C22H34ClN3P2/c1-3-5-12-20(23)18-25-14-17-26(15-6-4-2)16-13-21(28-22(24)27)19-10-8-7-9-11-19/h3,5,7-12,18,21,24-25,28H,1,4,6,13-17,27H2,2H3/b12-5-,20-18-,24-22?. The smallest absolute Gasteiger partial charge is 0.0562 e. The van der Waals surface area contributed by atoms with Crippen LogP contribution in [0.5, 0.6) is 0 Å². The molecule has 6 heteroatoms. The van der Waals surface area contributed by atoms with Crippen LogP contribution in [0.4, 0.5) is 0 Å². The molecule has 0 amide bonds. The fraction of sp³-hybridized carbons (Fsp3) is 0.409. The first-order valence-corrected chi connectivity index (χ1v) is 11.9. The fourth-order valence-corrected chi connectivity index (χ4v) is 4.59. The van der Waals surface area contributed by atoms with E-state index in [1.54, 1.807) is 6.08 Å². The highest BCUT2D eigenvalue weighted by molar-refractivity contribution is 7.78. The molecule has 0 aliphatic carbocycles. The maximum Gasteiger partial charge on any atom is 0.0562 e. The molecule has 0 fully saturated rings. The van der Waals surface area contributed by atoms with E-state index in [0.717, 1.165) is 32.6 Å². The van der Waals surface area contributed by atoms with Crippen LogP contribution in [-0.2, 0) is 0 Å². The molecule has 1 aromatic rings. The molecule has 2 N–H and O–H groups in total. The molecule has 28 heavy (non-hydrogen) atoms. The molecule has 0 saturated heterocycles. The number of nitrogens with one attached hydrogen (secondary N) is 2. The number of unbranched alkanes of at least 4 members (excludes halogenated alkanes) is 1. The van der Waals surface area contributed by atoms with Crippen molar-refractivity contribution in [2.24, 2.45) is 0 Å². The number of hydrogen-bond acceptors (Lipinski definition) is 3. The monoisotopic (exact) mass is 437 g/mol. The van der Waals surface area contributed by atoms with E-state index >= 15 is 0 Å². The lowest BCUT2D eigenvalue weighted by molar-refractivity contribution is 0.268. The van der Waals surface area contributed by atoms with Crippen molar-refractivity contribution in [3.63, 3.8) is 0 Å². The molecule has 0 aliphatic rings. The normalized spacial score (nSPS) is 13.5. The van der Waals surface area contributed by atoms with Crippen LogP contribution in [0, 0.1) is 5.41 Å². The van der Waals surface area contributed by atoms with Crippen molar-refractivity contribution in [1.29, 1.82) is 5.41 Å². The molecule has 1 rings (SSSR count). The molecule has 0 heterocycles. The van der Waals surface area contributed by atoms with Crippen molar-refractivity contribution >= 4 is 34.6 Å². The average Bonchev–Trinajstić information content (AvgIpc) is 2.70. The zero-order valence-corrected chi connectivity index (χ0v) is 19.7. The van der Waals surface area contributed by atoms with Crippen LogP contribution in [0.3, 0.4) is 0 Å². The molecular formula is C22H34ClN3P2. The van der Waals surface area contributed by atoms with Gasteiger partial charge < -0.3 is 15.6 Å². The SMILES string of the molecule is C=C/C=C\C(Cl)=C\NCCN(CCCC)CCC(PC(=N)P)c1ccccc1. The highest BCUT2D eigenvalue weighted by atomic mass is 35.5. The van der Waals surface area contributed by atoms with Gasteiger partial charge in [0, 0.05) is 30.1 Å². The first-order chi connectivity index (χ1) is 13.6. The summed E-state index contributed by atoms with van der Waals surface area (Å²) in [7, 11) is 3.07. The third kappa shape index (κ3) is 11.8. The van der Waals surface area contributed by atoms with Gasteiger partial charge in [-0.3, -0.25) is 0 Å². The first kappa shape index (κ1) is 25.1. The molecule has 0 radical (unpaired) electrons. The van der Waals surface area contributed by atoms with Gasteiger partial charge in [0.05, 0.1) is 5.03 Å². The Morgan fingerprint density at radius 2 is 2.07 bits per heavy atom. The Labute approximate surface area is 180 Å². The summed E-state index contributed by atoms with van der Waals surface area (Å²) < 4.78 is 0. The van der Waals surface area contributed by atoms with E-state index in [9.17, 15) is 0 Å². The minimum Gasteiger partial charge on any atom is -0.388 e. The van der Waals surface area contributed by atoms with Gasteiger partial charge in [0.15, 0.2) is 0 Å². The van der Waals surface area contributed by atoms with Crippen LogP contribution in [0.15, 0.2) is 66.4 Å². The lowest BCUT2D eigenvalue weighted by Crippen LogP contribution is -2.32. The zero-order chi connectivity index (χ0) is 20.6. The Balaban J connectivity index is 2.59. The number of hydrogen-bond donors (Lipinski definition) is 2. The maximum absolute atomic E-state index is 7.92. The third-order valence-corrected chi connectivity index (χ3v) is 6.31. The van der Waals surface area contributed by atoms with Crippen LogP contribution in [0.1, 0.15) is 37.4 Å². The van der Waals surface area contributed by atoms with Crippen molar-refractivity contribution < 1.29 is 0 Å². The quantitative estimate of drug-likeness (QED) is 0.150. The second-order valence-corrected chi connectivity index (χ2v) is 9.70. The minimum atomic E-state index is 0.418. The molecule has 3 unspecified atom stereocenters. The molecule has 0 aromatic heterocycles. The van der Waals surface area contributed by atoms with Crippen LogP contribution in [0.25, 0.3) is 0 Å². The van der Waals surface area contributed by atoms with Crippen molar-refractivity contribution in [3.8, 4) is 0 Å². The molecule has 0 saturated carbocycles. The predicted molar refractivity (Wildman–Crippen MR) is 132 cm³/mol. The van der Waals surface area contributed by atoms with Crippen LogP contribution in [-0.4, -0.2) is 36.3 Å². The second kappa shape index (κ2) is 15.9. The zero-order valence-electron chi connectivity index (χ0n) is 16.8. The number of benzene rings is 1. The van der Waals surface area contributed by atoms with Gasteiger partial charge in [-0.1, -0.05) is 91.8 Å². The Morgan fingerprint density at radius 3 is 2.71 bits per heavy atom. The minimum absolute atomic E-state index is 0.418.